The molecule has 0 saturated carbocycles. The average molecular weight is 486 g/mol. The number of nitrogens with one attached hydrogen (secondary N) is 1. The van der Waals surface area contributed by atoms with Crippen LogP contribution in [0.4, 0.5) is 0 Å². The molecule has 11 heteroatoms. The van der Waals surface area contributed by atoms with E-state index in [1.54, 1.807) is 24.5 Å². The minimum absolute atomic E-state index is 0.0543. The van der Waals surface area contributed by atoms with Crippen molar-refractivity contribution in [3.63, 3.8) is 0 Å². The Kier molecular flexibility index (Phi) is 6.00. The number of carbonyl (C=O) groups excluding carboxylic acids is 1. The van der Waals surface area contributed by atoms with Gasteiger partial charge in [-0.2, -0.15) is 0 Å². The van der Waals surface area contributed by atoms with Crippen LogP contribution in [-0.2, 0) is 26.2 Å². The number of hydrogen-bond acceptors (Lipinski definition) is 8. The summed E-state index contributed by atoms with van der Waals surface area (Å²) in [6, 6.07) is 11.3. The lowest BCUT2D eigenvalue weighted by Gasteiger charge is -2.08. The number of nitrogens with zero attached hydrogens (tertiary/aromatic N) is 2. The van der Waals surface area contributed by atoms with Gasteiger partial charge >= 0.3 is 0 Å². The Balaban J connectivity index is 1.48. The molecular weight excluding hydrogens is 466 g/mol. The van der Waals surface area contributed by atoms with Crippen molar-refractivity contribution < 1.29 is 26.0 Å². The van der Waals surface area contributed by atoms with Crippen molar-refractivity contribution in [2.75, 3.05) is 5.75 Å². The van der Waals surface area contributed by atoms with Crippen molar-refractivity contribution in [2.24, 2.45) is 0 Å². The van der Waals surface area contributed by atoms with E-state index in [2.05, 4.69) is 15.3 Å². The van der Waals surface area contributed by atoms with Crippen LogP contribution >= 0.6 is 0 Å². The van der Waals surface area contributed by atoms with Gasteiger partial charge in [-0.1, -0.05) is 13.0 Å². The minimum Gasteiger partial charge on any atom is -0.451 e. The molecule has 0 aliphatic heterocycles. The summed E-state index contributed by atoms with van der Waals surface area (Å²) in [4.78, 5) is 20.1. The standard InChI is InChI=1S/C22H19N3O6S2/c1-2-32(27,28)17-4-3-5-18(11-17)33(29,30)19-7-6-16(24-14-19)13-25-22(26)21-10-15-12-23-9-8-20(15)31-21/h3-12,14H,2,13H2,1H3,(H,25,26). The highest BCUT2D eigenvalue weighted by molar-refractivity contribution is 7.92. The van der Waals surface area contributed by atoms with Crippen LogP contribution in [0.2, 0.25) is 0 Å². The summed E-state index contributed by atoms with van der Waals surface area (Å²) in [6.07, 6.45) is 4.32. The van der Waals surface area contributed by atoms with Crippen LogP contribution in [0.25, 0.3) is 11.0 Å². The summed E-state index contributed by atoms with van der Waals surface area (Å²) in [7, 11) is -7.52. The summed E-state index contributed by atoms with van der Waals surface area (Å²) in [5.74, 6) is -0.457. The van der Waals surface area contributed by atoms with E-state index in [0.717, 1.165) is 6.07 Å². The predicted octanol–water partition coefficient (Wildman–Crippen LogP) is 2.78. The number of carbonyl (C=O) groups is 1. The van der Waals surface area contributed by atoms with E-state index in [1.807, 2.05) is 0 Å². The normalized spacial score (nSPS) is 12.0. The lowest BCUT2D eigenvalue weighted by atomic mass is 10.3. The first kappa shape index (κ1) is 22.6. The molecule has 33 heavy (non-hydrogen) atoms. The van der Waals surface area contributed by atoms with Gasteiger partial charge in [0.05, 0.1) is 32.7 Å². The maximum atomic E-state index is 12.9. The summed E-state index contributed by atoms with van der Waals surface area (Å²) in [5.41, 5.74) is 0.973. The molecule has 9 nitrogen and oxygen atoms in total. The fraction of sp³-hybridized carbons (Fsp3) is 0.136. The molecule has 1 amide bonds. The molecule has 0 aliphatic carbocycles. The van der Waals surface area contributed by atoms with Gasteiger partial charge in [-0.15, -0.1) is 0 Å². The van der Waals surface area contributed by atoms with Crippen LogP contribution < -0.4 is 5.32 Å². The summed E-state index contributed by atoms with van der Waals surface area (Å²) in [6.45, 7) is 1.54. The van der Waals surface area contributed by atoms with Crippen molar-refractivity contribution in [2.45, 2.75) is 28.2 Å². The second-order valence-corrected chi connectivity index (χ2v) is 11.3. The summed E-state index contributed by atoms with van der Waals surface area (Å²) >= 11 is 0. The molecule has 0 fully saturated rings. The molecule has 0 aliphatic rings. The van der Waals surface area contributed by atoms with Crippen LogP contribution in [-0.4, -0.2) is 38.5 Å². The number of amides is 1. The lowest BCUT2D eigenvalue weighted by molar-refractivity contribution is 0.0925. The van der Waals surface area contributed by atoms with Gasteiger partial charge in [-0.25, -0.2) is 16.8 Å². The van der Waals surface area contributed by atoms with Gasteiger partial charge in [-0.3, -0.25) is 14.8 Å². The van der Waals surface area contributed by atoms with Crippen LogP contribution in [0.1, 0.15) is 23.2 Å². The number of fused-ring (bicyclic) bond motifs is 1. The molecule has 1 aromatic carbocycles. The molecule has 0 saturated heterocycles. The smallest absolute Gasteiger partial charge is 0.287 e. The zero-order valence-corrected chi connectivity index (χ0v) is 19.1. The van der Waals surface area contributed by atoms with Gasteiger partial charge in [0, 0.05) is 24.0 Å². The molecule has 4 rings (SSSR count). The Morgan fingerprint density at radius 3 is 2.45 bits per heavy atom. The Labute approximate surface area is 190 Å². The largest absolute Gasteiger partial charge is 0.451 e. The number of sulfone groups is 2. The molecule has 170 valence electrons. The molecule has 4 aromatic rings. The zero-order valence-electron chi connectivity index (χ0n) is 17.4. The Morgan fingerprint density at radius 2 is 1.76 bits per heavy atom. The van der Waals surface area contributed by atoms with E-state index in [4.69, 9.17) is 4.42 Å². The Bertz CT molecular complexity index is 1510. The molecule has 0 spiro atoms. The van der Waals surface area contributed by atoms with Crippen molar-refractivity contribution in [3.8, 4) is 0 Å². The van der Waals surface area contributed by atoms with Crippen molar-refractivity contribution >= 4 is 36.6 Å². The molecule has 3 heterocycles. The maximum Gasteiger partial charge on any atom is 0.287 e. The van der Waals surface area contributed by atoms with Crippen molar-refractivity contribution in [1.29, 1.82) is 0 Å². The SMILES string of the molecule is CCS(=O)(=O)c1cccc(S(=O)(=O)c2ccc(CNC(=O)c3cc4cnccc4o3)nc2)c1. The van der Waals surface area contributed by atoms with E-state index < -0.39 is 25.6 Å². The molecule has 0 atom stereocenters. The van der Waals surface area contributed by atoms with E-state index in [9.17, 15) is 21.6 Å². The van der Waals surface area contributed by atoms with E-state index >= 15 is 0 Å². The van der Waals surface area contributed by atoms with Gasteiger partial charge in [0.1, 0.15) is 5.58 Å². The number of hydrogen-bond donors (Lipinski definition) is 1. The van der Waals surface area contributed by atoms with Gasteiger partial charge in [0.2, 0.25) is 9.84 Å². The lowest BCUT2D eigenvalue weighted by Crippen LogP contribution is -2.22. The third kappa shape index (κ3) is 4.64. The Morgan fingerprint density at radius 1 is 0.970 bits per heavy atom. The highest BCUT2D eigenvalue weighted by Gasteiger charge is 2.21. The van der Waals surface area contributed by atoms with Gasteiger partial charge in [0.15, 0.2) is 15.6 Å². The number of rotatable bonds is 7. The minimum atomic E-state index is -3.97. The third-order valence-electron chi connectivity index (χ3n) is 4.93. The quantitative estimate of drug-likeness (QED) is 0.422. The topological polar surface area (TPSA) is 136 Å². The fourth-order valence-electron chi connectivity index (χ4n) is 3.07. The molecule has 0 unspecified atom stereocenters. The van der Waals surface area contributed by atoms with E-state index in [1.165, 1.54) is 43.5 Å². The van der Waals surface area contributed by atoms with Crippen LogP contribution in [0, 0.1) is 0 Å². The highest BCUT2D eigenvalue weighted by atomic mass is 32.2. The van der Waals surface area contributed by atoms with Gasteiger partial charge in [0.25, 0.3) is 5.91 Å². The van der Waals surface area contributed by atoms with Gasteiger partial charge in [-0.05, 0) is 42.5 Å². The summed E-state index contributed by atoms with van der Waals surface area (Å²) in [5, 5.41) is 3.36. The van der Waals surface area contributed by atoms with E-state index in [0.29, 0.717) is 16.7 Å². The van der Waals surface area contributed by atoms with E-state index in [-0.39, 0.29) is 32.7 Å². The number of pyridine rings is 2. The average Bonchev–Trinajstić information content (AvgIpc) is 3.27. The highest BCUT2D eigenvalue weighted by Crippen LogP contribution is 2.23. The van der Waals surface area contributed by atoms with Crippen LogP contribution in [0.3, 0.4) is 0 Å². The first-order valence-corrected chi connectivity index (χ1v) is 13.0. The number of furan rings is 1. The molecule has 0 radical (unpaired) electrons. The first-order valence-electron chi connectivity index (χ1n) is 9.85. The molecule has 3 aromatic heterocycles. The molecule has 0 bridgehead atoms. The van der Waals surface area contributed by atoms with Crippen molar-refractivity contribution in [1.82, 2.24) is 15.3 Å². The summed E-state index contributed by atoms with van der Waals surface area (Å²) < 4.78 is 55.5. The van der Waals surface area contributed by atoms with Crippen LogP contribution in [0.5, 0.6) is 0 Å². The zero-order chi connectivity index (χ0) is 23.6. The molecular formula is C22H19N3O6S2. The fourth-order valence-corrected chi connectivity index (χ4v) is 5.32. The number of aromatic nitrogens is 2. The number of benzene rings is 1. The Hall–Kier alpha value is -3.57. The second-order valence-electron chi connectivity index (χ2n) is 7.07. The predicted molar refractivity (Wildman–Crippen MR) is 119 cm³/mol. The maximum absolute atomic E-state index is 12.9. The third-order valence-corrected chi connectivity index (χ3v) is 8.40. The molecule has 1 N–H and O–H groups in total. The second kappa shape index (κ2) is 8.75. The van der Waals surface area contributed by atoms with Gasteiger partial charge < -0.3 is 9.73 Å². The monoisotopic (exact) mass is 485 g/mol. The van der Waals surface area contributed by atoms with Crippen LogP contribution in [0.15, 0.2) is 86.2 Å². The first-order chi connectivity index (χ1) is 15.7. The van der Waals surface area contributed by atoms with Crippen molar-refractivity contribution in [3.05, 3.63) is 78.6 Å².